The van der Waals surface area contributed by atoms with Gasteiger partial charge in [0, 0.05) is 9.52 Å². The third kappa shape index (κ3) is 9.20. The molecule has 2 unspecified atom stereocenters. The predicted molar refractivity (Wildman–Crippen MR) is 271 cm³/mol. The first kappa shape index (κ1) is 44.6. The summed E-state index contributed by atoms with van der Waals surface area (Å²) in [4.78, 5) is 0. The molecule has 10 rings (SSSR count). The van der Waals surface area contributed by atoms with Gasteiger partial charge < -0.3 is 0 Å². The maximum absolute atomic E-state index is 2.40. The SMILES string of the molecule is CCC(C)c1cc2c(-c3ccccc3-c3cccc4ccccc34)cccc2[cH-]1.CCC(C)c1cc2c(-c3ccccc3-c3cccc4ccccc34)cccc2[cH-]1.C[Si]C.[Zr+2]. The van der Waals surface area contributed by atoms with Crippen LogP contribution in [0.25, 0.3) is 87.6 Å². The van der Waals surface area contributed by atoms with E-state index in [0.29, 0.717) is 11.8 Å². The molecule has 10 aromatic carbocycles. The molecule has 0 heterocycles. The van der Waals surface area contributed by atoms with E-state index in [9.17, 15) is 0 Å². The molecule has 0 aromatic heterocycles. The van der Waals surface area contributed by atoms with Crippen LogP contribution in [0, 0.1) is 0 Å². The fraction of sp³-hybridized carbons (Fsp3) is 0.167. The fourth-order valence-electron chi connectivity index (χ4n) is 8.85. The molecule has 2 radical (unpaired) electrons. The molecule has 62 heavy (non-hydrogen) atoms. The van der Waals surface area contributed by atoms with Crippen molar-refractivity contribution in [1.29, 1.82) is 0 Å². The van der Waals surface area contributed by atoms with Crippen LogP contribution in [0.2, 0.25) is 13.1 Å². The van der Waals surface area contributed by atoms with Crippen LogP contribution in [-0.2, 0) is 26.2 Å². The van der Waals surface area contributed by atoms with E-state index >= 15 is 0 Å². The van der Waals surface area contributed by atoms with Gasteiger partial charge in [0.05, 0.1) is 0 Å². The van der Waals surface area contributed by atoms with Gasteiger partial charge in [0.25, 0.3) is 0 Å². The fourth-order valence-corrected chi connectivity index (χ4v) is 8.85. The van der Waals surface area contributed by atoms with Crippen molar-refractivity contribution in [1.82, 2.24) is 0 Å². The first-order chi connectivity index (χ1) is 29.9. The molecule has 0 fully saturated rings. The molecule has 0 bridgehead atoms. The van der Waals surface area contributed by atoms with Gasteiger partial charge in [-0.25, -0.2) is 0 Å². The second-order valence-electron chi connectivity index (χ2n) is 16.5. The Hall–Kier alpha value is -5.40. The van der Waals surface area contributed by atoms with E-state index in [0.717, 1.165) is 22.4 Å². The van der Waals surface area contributed by atoms with Crippen LogP contribution < -0.4 is 0 Å². The number of benzene rings is 8. The quantitative estimate of drug-likeness (QED) is 0.105. The van der Waals surface area contributed by atoms with E-state index in [1.165, 1.54) is 98.7 Å². The first-order valence-electron chi connectivity index (χ1n) is 22.1. The zero-order valence-corrected chi connectivity index (χ0v) is 40.5. The van der Waals surface area contributed by atoms with Crippen LogP contribution in [0.5, 0.6) is 0 Å². The van der Waals surface area contributed by atoms with E-state index in [1.807, 2.05) is 0 Å². The van der Waals surface area contributed by atoms with Crippen LogP contribution in [0.4, 0.5) is 0 Å². The van der Waals surface area contributed by atoms with Crippen molar-refractivity contribution >= 4 is 52.6 Å². The summed E-state index contributed by atoms with van der Waals surface area (Å²) in [6.07, 6.45) is 2.33. The smallest absolute Gasteiger partial charge is 0.164 e. The van der Waals surface area contributed by atoms with Gasteiger partial charge in [-0.15, -0.1) is 69.1 Å². The predicted octanol–water partition coefficient (Wildman–Crippen LogP) is 17.9. The maximum Gasteiger partial charge on any atom is 2.00 e. The molecule has 2 atom stereocenters. The number of hydrogen-bond donors (Lipinski definition) is 0. The third-order valence-electron chi connectivity index (χ3n) is 12.5. The Morgan fingerprint density at radius 3 is 1.00 bits per heavy atom. The average Bonchev–Trinajstić information content (AvgIpc) is 3.97. The minimum Gasteiger partial charge on any atom is -0.164 e. The molecule has 0 amide bonds. The molecule has 0 aliphatic rings. The molecule has 0 saturated heterocycles. The normalized spacial score (nSPS) is 12.0. The monoisotopic (exact) mass is 894 g/mol. The van der Waals surface area contributed by atoms with Crippen LogP contribution in [0.3, 0.4) is 0 Å². The molecule has 0 saturated carbocycles. The summed E-state index contributed by atoms with van der Waals surface area (Å²) >= 11 is 0. The van der Waals surface area contributed by atoms with Gasteiger partial charge in [-0.1, -0.05) is 210 Å². The van der Waals surface area contributed by atoms with Gasteiger partial charge in [-0.3, -0.25) is 0 Å². The molecule has 304 valence electrons. The zero-order chi connectivity index (χ0) is 42.3. The molecule has 10 aromatic rings. The van der Waals surface area contributed by atoms with Crippen molar-refractivity contribution in [3.8, 4) is 44.5 Å². The molecule has 0 N–H and O–H groups in total. The first-order valence-corrected chi connectivity index (χ1v) is 24.1. The maximum atomic E-state index is 2.40. The summed E-state index contributed by atoms with van der Waals surface area (Å²) in [5.41, 5.74) is 13.3. The standard InChI is InChI=1S/2C29H25.C2H6Si.Zr/c2*1-3-20(2)23-18-22-12-9-17-28(29(22)19-23)27-15-7-6-14-26(27)25-16-8-11-21-10-4-5-13-24(21)25;1-3-2;/h2*4-20H,3H2,1-2H3;1-2H3;/q2*-1;;+2. The van der Waals surface area contributed by atoms with E-state index in [1.54, 1.807) is 0 Å². The second-order valence-corrected chi connectivity index (χ2v) is 17.5. The Balaban J connectivity index is 0.000000173. The van der Waals surface area contributed by atoms with Gasteiger partial charge in [-0.05, 0) is 66.8 Å². The Kier molecular flexibility index (Phi) is 14.9. The number of rotatable bonds is 8. The van der Waals surface area contributed by atoms with E-state index in [4.69, 9.17) is 0 Å². The summed E-state index contributed by atoms with van der Waals surface area (Å²) in [7, 11) is 1.08. The van der Waals surface area contributed by atoms with Crippen molar-refractivity contribution in [2.24, 2.45) is 0 Å². The van der Waals surface area contributed by atoms with Crippen LogP contribution >= 0.6 is 0 Å². The zero-order valence-electron chi connectivity index (χ0n) is 37.0. The topological polar surface area (TPSA) is 0 Å². The van der Waals surface area contributed by atoms with Gasteiger partial charge in [0.1, 0.15) is 0 Å². The Morgan fingerprint density at radius 2 is 0.645 bits per heavy atom. The minimum absolute atomic E-state index is 0. The molecule has 0 nitrogen and oxygen atoms in total. The Labute approximate surface area is 391 Å². The Morgan fingerprint density at radius 1 is 0.371 bits per heavy atom. The van der Waals surface area contributed by atoms with Crippen LogP contribution in [0.15, 0.2) is 194 Å². The van der Waals surface area contributed by atoms with Gasteiger partial charge >= 0.3 is 26.2 Å². The summed E-state index contributed by atoms with van der Waals surface area (Å²) < 4.78 is 0. The minimum atomic E-state index is 0. The van der Waals surface area contributed by atoms with Gasteiger partial charge in [0.15, 0.2) is 0 Å². The van der Waals surface area contributed by atoms with Crippen molar-refractivity contribution in [3.63, 3.8) is 0 Å². The van der Waals surface area contributed by atoms with Crippen LogP contribution in [0.1, 0.15) is 63.5 Å². The van der Waals surface area contributed by atoms with Gasteiger partial charge in [0.2, 0.25) is 0 Å². The number of fused-ring (bicyclic) bond motifs is 4. The molecule has 0 spiro atoms. The summed E-state index contributed by atoms with van der Waals surface area (Å²) in [6.45, 7) is 13.5. The summed E-state index contributed by atoms with van der Waals surface area (Å²) in [5, 5.41) is 10.6. The van der Waals surface area contributed by atoms with Gasteiger partial charge in [-0.2, -0.15) is 12.1 Å². The molecular formula is C60H56SiZr. The molecule has 0 aliphatic heterocycles. The second kappa shape index (κ2) is 20.6. The summed E-state index contributed by atoms with van der Waals surface area (Å²) in [5.74, 6) is 1.17. The molecular weight excluding hydrogens is 840 g/mol. The Bertz CT molecular complexity index is 2830. The largest absolute Gasteiger partial charge is 2.00 e. The van der Waals surface area contributed by atoms with Crippen LogP contribution in [-0.4, -0.2) is 9.52 Å². The van der Waals surface area contributed by atoms with Crippen molar-refractivity contribution in [2.45, 2.75) is 65.5 Å². The number of hydrogen-bond acceptors (Lipinski definition) is 0. The average molecular weight is 896 g/mol. The summed E-state index contributed by atoms with van der Waals surface area (Å²) in [6, 6.07) is 71.1. The molecule has 0 aliphatic carbocycles. The molecule has 2 heteroatoms. The van der Waals surface area contributed by atoms with Crippen molar-refractivity contribution in [3.05, 3.63) is 205 Å². The van der Waals surface area contributed by atoms with E-state index < -0.39 is 0 Å². The van der Waals surface area contributed by atoms with E-state index in [2.05, 4.69) is 235 Å². The third-order valence-corrected chi connectivity index (χ3v) is 12.5. The van der Waals surface area contributed by atoms with E-state index in [-0.39, 0.29) is 26.2 Å². The van der Waals surface area contributed by atoms with Crippen molar-refractivity contribution in [2.75, 3.05) is 0 Å². The van der Waals surface area contributed by atoms with Crippen molar-refractivity contribution < 1.29 is 26.2 Å².